The van der Waals surface area contributed by atoms with Crippen LogP contribution in [0, 0.1) is 5.92 Å². The number of furan rings is 1. The second kappa shape index (κ2) is 12.8. The Balaban J connectivity index is 2.04. The van der Waals surface area contributed by atoms with Gasteiger partial charge in [-0.25, -0.2) is 0 Å². The minimum atomic E-state index is -5.16. The van der Waals surface area contributed by atoms with Crippen molar-refractivity contribution in [3.8, 4) is 11.1 Å². The normalized spacial score (nSPS) is 13.6. The van der Waals surface area contributed by atoms with Crippen LogP contribution in [0.3, 0.4) is 0 Å². The van der Waals surface area contributed by atoms with E-state index >= 15 is 0 Å². The van der Waals surface area contributed by atoms with Gasteiger partial charge in [0.25, 0.3) is 11.7 Å². The van der Waals surface area contributed by atoms with E-state index in [1.807, 2.05) is 0 Å². The van der Waals surface area contributed by atoms with Crippen molar-refractivity contribution < 1.29 is 32.0 Å². The smallest absolute Gasteiger partial charge is 0.450 e. The zero-order valence-corrected chi connectivity index (χ0v) is 22.8. The number of carbonyl (C=O) groups is 3. The molecule has 0 bridgehead atoms. The highest BCUT2D eigenvalue weighted by molar-refractivity contribution is 6.31. The van der Waals surface area contributed by atoms with Gasteiger partial charge in [-0.3, -0.25) is 14.4 Å². The third-order valence-corrected chi connectivity index (χ3v) is 6.20. The molecule has 2 aromatic carbocycles. The lowest BCUT2D eigenvalue weighted by Gasteiger charge is -2.26. The van der Waals surface area contributed by atoms with Crippen molar-refractivity contribution in [3.63, 3.8) is 0 Å². The summed E-state index contributed by atoms with van der Waals surface area (Å²) in [5, 5.41) is 5.63. The number of hydrogen-bond acceptors (Lipinski definition) is 4. The molecule has 0 aliphatic carbocycles. The highest BCUT2D eigenvalue weighted by Crippen LogP contribution is 2.36. The zero-order chi connectivity index (χ0) is 29.6. The molecular weight excluding hydrogens is 545 g/mol. The highest BCUT2D eigenvalue weighted by atomic mass is 35.5. The fourth-order valence-electron chi connectivity index (χ4n) is 3.98. The van der Waals surface area contributed by atoms with Gasteiger partial charge in [-0.05, 0) is 36.1 Å². The van der Waals surface area contributed by atoms with Gasteiger partial charge < -0.3 is 15.1 Å². The molecule has 10 heteroatoms. The van der Waals surface area contributed by atoms with Gasteiger partial charge in [-0.15, -0.1) is 0 Å². The monoisotopic (exact) mass is 572 g/mol. The first-order valence-electron chi connectivity index (χ1n) is 12.3. The minimum Gasteiger partial charge on any atom is -0.450 e. The van der Waals surface area contributed by atoms with Gasteiger partial charge in [0.05, 0.1) is 6.04 Å². The van der Waals surface area contributed by atoms with E-state index < -0.39 is 41.8 Å². The molecule has 0 saturated heterocycles. The van der Waals surface area contributed by atoms with Gasteiger partial charge in [0.1, 0.15) is 11.6 Å². The molecule has 0 spiro atoms. The van der Waals surface area contributed by atoms with Crippen molar-refractivity contribution in [1.82, 2.24) is 10.6 Å². The molecule has 0 unspecified atom stereocenters. The molecule has 3 rings (SSSR count). The quantitative estimate of drug-likeness (QED) is 0.261. The van der Waals surface area contributed by atoms with Crippen LogP contribution < -0.4 is 10.6 Å². The summed E-state index contributed by atoms with van der Waals surface area (Å²) in [6.45, 7) is 8.32. The Morgan fingerprint density at radius 2 is 1.70 bits per heavy atom. The molecule has 2 atom stereocenters. The second-order valence-electron chi connectivity index (χ2n) is 9.27. The number of benzene rings is 2. The van der Waals surface area contributed by atoms with Crippen LogP contribution in [0.1, 0.15) is 31.3 Å². The van der Waals surface area contributed by atoms with Crippen LogP contribution in [0.5, 0.6) is 0 Å². The molecule has 40 heavy (non-hydrogen) atoms. The summed E-state index contributed by atoms with van der Waals surface area (Å²) in [5.74, 6) is -4.99. The predicted octanol–water partition coefficient (Wildman–Crippen LogP) is 6.81. The number of fused-ring (bicyclic) bond motifs is 1. The standard InChI is InChI=1S/C30H28ClF3N2O4/c1-5-6-8-11-18(4)25(28(38)35-24(17(2)3)27(37)30(32,33)34)36-29(39)26-23(19-12-9-7-10-13-19)21-15-14-20(31)16-22(21)40-26/h5-17,24-25H,4H2,1-3H3,(H,35,38)(H,36,39)/b6-5-,11-8-/t24-,25-/m0/s1. The number of nitrogens with one attached hydrogen (secondary N) is 2. The molecule has 2 N–H and O–H groups in total. The first-order chi connectivity index (χ1) is 18.8. The SMILES string of the molecule is C=C(/C=C\C=C/C)[C@H](NC(=O)c1oc2cc(Cl)ccc2c1-c1ccccc1)C(=O)N[C@H](C(=O)C(F)(F)F)C(C)C. The number of amides is 2. The number of alkyl halides is 3. The Morgan fingerprint density at radius 3 is 2.30 bits per heavy atom. The van der Waals surface area contributed by atoms with Crippen molar-refractivity contribution in [2.75, 3.05) is 0 Å². The van der Waals surface area contributed by atoms with Crippen LogP contribution in [-0.4, -0.2) is 35.9 Å². The molecule has 6 nitrogen and oxygen atoms in total. The van der Waals surface area contributed by atoms with Crippen molar-refractivity contribution in [2.24, 2.45) is 5.92 Å². The van der Waals surface area contributed by atoms with E-state index in [4.69, 9.17) is 16.0 Å². The maximum absolute atomic E-state index is 13.6. The van der Waals surface area contributed by atoms with E-state index in [1.165, 1.54) is 19.9 Å². The zero-order valence-electron chi connectivity index (χ0n) is 22.0. The molecule has 2 amide bonds. The minimum absolute atomic E-state index is 0.0614. The third-order valence-electron chi connectivity index (χ3n) is 5.97. The Bertz CT molecular complexity index is 1470. The maximum atomic E-state index is 13.6. The van der Waals surface area contributed by atoms with E-state index in [9.17, 15) is 27.6 Å². The topological polar surface area (TPSA) is 88.4 Å². The Morgan fingerprint density at radius 1 is 1.02 bits per heavy atom. The highest BCUT2D eigenvalue weighted by Gasteiger charge is 2.45. The third kappa shape index (κ3) is 7.09. The Hall–Kier alpha value is -4.11. The van der Waals surface area contributed by atoms with Crippen LogP contribution in [0.4, 0.5) is 13.2 Å². The molecule has 3 aromatic rings. The van der Waals surface area contributed by atoms with E-state index in [0.29, 0.717) is 27.1 Å². The van der Waals surface area contributed by atoms with E-state index in [1.54, 1.807) is 73.7 Å². The summed E-state index contributed by atoms with van der Waals surface area (Å²) >= 11 is 6.12. The fraction of sp³-hybridized carbons (Fsp3) is 0.233. The van der Waals surface area contributed by atoms with Crippen molar-refractivity contribution in [1.29, 1.82) is 0 Å². The molecule has 1 heterocycles. The van der Waals surface area contributed by atoms with Gasteiger partial charge in [-0.1, -0.05) is 86.7 Å². The predicted molar refractivity (Wildman–Crippen MR) is 149 cm³/mol. The molecule has 0 aliphatic rings. The lowest BCUT2D eigenvalue weighted by molar-refractivity contribution is -0.174. The van der Waals surface area contributed by atoms with Gasteiger partial charge in [0.2, 0.25) is 11.7 Å². The summed E-state index contributed by atoms with van der Waals surface area (Å²) < 4.78 is 45.5. The van der Waals surface area contributed by atoms with Gasteiger partial charge >= 0.3 is 6.18 Å². The number of Topliss-reactive ketones (excluding diaryl/α,β-unsaturated/α-hetero) is 1. The average molecular weight is 573 g/mol. The Kier molecular flexibility index (Phi) is 9.76. The Labute approximate surface area is 234 Å². The van der Waals surface area contributed by atoms with Crippen molar-refractivity contribution in [2.45, 2.75) is 39.0 Å². The summed E-state index contributed by atoms with van der Waals surface area (Å²) in [5.41, 5.74) is 1.47. The average Bonchev–Trinajstić information content (AvgIpc) is 3.28. The lowest BCUT2D eigenvalue weighted by Crippen LogP contribution is -2.55. The van der Waals surface area contributed by atoms with Crippen LogP contribution in [0.2, 0.25) is 5.02 Å². The molecular formula is C30H28ClF3N2O4. The molecule has 210 valence electrons. The second-order valence-corrected chi connectivity index (χ2v) is 9.71. The first-order valence-corrected chi connectivity index (χ1v) is 12.7. The molecule has 0 fully saturated rings. The molecule has 1 aromatic heterocycles. The fourth-order valence-corrected chi connectivity index (χ4v) is 4.14. The largest absolute Gasteiger partial charge is 0.452 e. The first kappa shape index (κ1) is 30.4. The van der Waals surface area contributed by atoms with Crippen LogP contribution in [0.15, 0.2) is 89.4 Å². The van der Waals surface area contributed by atoms with Crippen molar-refractivity contribution >= 4 is 40.2 Å². The number of carbonyl (C=O) groups excluding carboxylic acids is 3. The number of rotatable bonds is 10. The van der Waals surface area contributed by atoms with Crippen molar-refractivity contribution in [3.05, 3.63) is 95.8 Å². The summed E-state index contributed by atoms with van der Waals surface area (Å²) in [6.07, 6.45) is 1.16. The van der Waals surface area contributed by atoms with Crippen LogP contribution in [-0.2, 0) is 9.59 Å². The van der Waals surface area contributed by atoms with Crippen LogP contribution >= 0.6 is 11.6 Å². The number of hydrogen-bond donors (Lipinski definition) is 2. The molecule has 0 saturated carbocycles. The lowest BCUT2D eigenvalue weighted by atomic mass is 9.97. The van der Waals surface area contributed by atoms with Gasteiger partial charge in [0, 0.05) is 22.0 Å². The van der Waals surface area contributed by atoms with Gasteiger partial charge in [0.15, 0.2) is 0 Å². The summed E-state index contributed by atoms with van der Waals surface area (Å²) in [4.78, 5) is 38.9. The van der Waals surface area contributed by atoms with Gasteiger partial charge in [-0.2, -0.15) is 13.2 Å². The summed E-state index contributed by atoms with van der Waals surface area (Å²) in [7, 11) is 0. The number of ketones is 1. The van der Waals surface area contributed by atoms with E-state index in [0.717, 1.165) is 0 Å². The number of halogens is 4. The summed E-state index contributed by atoms with van der Waals surface area (Å²) in [6, 6.07) is 10.4. The van der Waals surface area contributed by atoms with Crippen LogP contribution in [0.25, 0.3) is 22.1 Å². The molecule has 0 radical (unpaired) electrons. The maximum Gasteiger partial charge on any atom is 0.452 e. The molecule has 0 aliphatic heterocycles. The number of allylic oxidation sites excluding steroid dienone is 3. The van der Waals surface area contributed by atoms with E-state index in [2.05, 4.69) is 17.2 Å². The van der Waals surface area contributed by atoms with E-state index in [-0.39, 0.29) is 11.3 Å².